The van der Waals surface area contributed by atoms with Crippen LogP contribution in [0.15, 0.2) is 24.3 Å². The van der Waals surface area contributed by atoms with E-state index in [1.165, 1.54) is 0 Å². The number of hydrogen-bond acceptors (Lipinski definition) is 4. The van der Waals surface area contributed by atoms with Gasteiger partial charge in [-0.3, -0.25) is 9.69 Å². The number of rotatable bonds is 3. The molecule has 4 aliphatic rings. The van der Waals surface area contributed by atoms with Crippen LogP contribution in [0.5, 0.6) is 5.75 Å². The van der Waals surface area contributed by atoms with Gasteiger partial charge in [-0.15, -0.1) is 0 Å². The van der Waals surface area contributed by atoms with Crippen LogP contribution in [0.2, 0.25) is 0 Å². The summed E-state index contributed by atoms with van der Waals surface area (Å²) in [6.07, 6.45) is 0.213. The predicted molar refractivity (Wildman–Crippen MR) is 78.3 cm³/mol. The van der Waals surface area contributed by atoms with E-state index in [9.17, 15) is 9.90 Å². The van der Waals surface area contributed by atoms with Gasteiger partial charge in [0.05, 0.1) is 24.7 Å². The number of fused-ring (bicyclic) bond motifs is 2. The number of nitrogens with zero attached hydrogens (tertiary/aromatic N) is 1. The van der Waals surface area contributed by atoms with E-state index in [0.29, 0.717) is 12.5 Å². The van der Waals surface area contributed by atoms with Crippen LogP contribution in [-0.2, 0) is 9.53 Å². The molecule has 1 amide bonds. The molecular formula is C17H19NO4. The second-order valence-electron chi connectivity index (χ2n) is 6.78. The summed E-state index contributed by atoms with van der Waals surface area (Å²) in [7, 11) is 0. The molecule has 2 saturated carbocycles. The molecule has 1 N–H and O–H groups in total. The fourth-order valence-electron chi connectivity index (χ4n) is 5.20. The highest BCUT2D eigenvalue weighted by atomic mass is 16.5. The van der Waals surface area contributed by atoms with E-state index in [-0.39, 0.29) is 36.0 Å². The monoisotopic (exact) mass is 301 g/mol. The summed E-state index contributed by atoms with van der Waals surface area (Å²) in [6, 6.07) is 7.62. The van der Waals surface area contributed by atoms with Gasteiger partial charge < -0.3 is 14.6 Å². The molecule has 5 rings (SSSR count). The van der Waals surface area contributed by atoms with Crippen LogP contribution < -0.4 is 9.64 Å². The number of ether oxygens (including phenoxy) is 2. The van der Waals surface area contributed by atoms with Crippen molar-refractivity contribution in [3.63, 3.8) is 0 Å². The molecule has 2 aliphatic carbocycles. The summed E-state index contributed by atoms with van der Waals surface area (Å²) in [5.74, 6) is 1.56. The molecule has 2 heterocycles. The Morgan fingerprint density at radius 2 is 2.09 bits per heavy atom. The minimum Gasteiger partial charge on any atom is -0.494 e. The summed E-state index contributed by atoms with van der Waals surface area (Å²) in [5, 5.41) is 10.3. The summed E-state index contributed by atoms with van der Waals surface area (Å²) >= 11 is 0. The Balaban J connectivity index is 1.49. The zero-order valence-corrected chi connectivity index (χ0v) is 12.4. The Kier molecular flexibility index (Phi) is 2.48. The third-order valence-corrected chi connectivity index (χ3v) is 5.94. The van der Waals surface area contributed by atoms with E-state index in [1.54, 1.807) is 4.90 Å². The Morgan fingerprint density at radius 1 is 1.32 bits per heavy atom. The summed E-state index contributed by atoms with van der Waals surface area (Å²) in [4.78, 5) is 14.7. The lowest BCUT2D eigenvalue weighted by Crippen LogP contribution is -2.43. The first-order valence-corrected chi connectivity index (χ1v) is 8.10. The molecule has 0 spiro atoms. The van der Waals surface area contributed by atoms with Gasteiger partial charge in [-0.1, -0.05) is 0 Å². The normalized spacial score (nSPS) is 44.2. The van der Waals surface area contributed by atoms with E-state index in [4.69, 9.17) is 9.47 Å². The van der Waals surface area contributed by atoms with Gasteiger partial charge in [-0.05, 0) is 49.4 Å². The molecule has 22 heavy (non-hydrogen) atoms. The van der Waals surface area contributed by atoms with Crippen LogP contribution in [0.3, 0.4) is 0 Å². The predicted octanol–water partition coefficient (Wildman–Crippen LogP) is 1.40. The Hall–Kier alpha value is -1.59. The lowest BCUT2D eigenvalue weighted by Gasteiger charge is -2.30. The van der Waals surface area contributed by atoms with Gasteiger partial charge in [0, 0.05) is 11.6 Å². The molecule has 4 fully saturated rings. The van der Waals surface area contributed by atoms with Crippen molar-refractivity contribution < 1.29 is 19.4 Å². The van der Waals surface area contributed by atoms with Gasteiger partial charge in [0.15, 0.2) is 0 Å². The maximum atomic E-state index is 12.9. The van der Waals surface area contributed by atoms with Gasteiger partial charge in [0.2, 0.25) is 5.91 Å². The maximum absolute atomic E-state index is 12.9. The number of aliphatic hydroxyl groups is 1. The zero-order chi connectivity index (χ0) is 15.0. The van der Waals surface area contributed by atoms with Crippen LogP contribution in [0, 0.1) is 23.7 Å². The molecule has 116 valence electrons. The molecule has 2 saturated heterocycles. The van der Waals surface area contributed by atoms with Crippen LogP contribution in [0.1, 0.15) is 13.3 Å². The minimum atomic E-state index is -0.456. The Labute approximate surface area is 128 Å². The summed E-state index contributed by atoms with van der Waals surface area (Å²) in [6.45, 7) is 2.57. The third-order valence-electron chi connectivity index (χ3n) is 5.94. The standard InChI is InChI=1S/C17H19NO4/c1-2-21-9-5-3-8(4-6-9)18-16(20)12-10-7-11-13(12)17(18)22-15(11)14(10)19/h3-6,10-15,17,19H,2,7H2,1H3/t10-,11-,12-,13+,14-,15+,17-/m1/s1. The van der Waals surface area contributed by atoms with E-state index in [2.05, 4.69) is 0 Å². The first-order valence-electron chi connectivity index (χ1n) is 8.10. The number of hydrogen-bond donors (Lipinski definition) is 1. The van der Waals surface area contributed by atoms with Gasteiger partial charge >= 0.3 is 0 Å². The van der Waals surface area contributed by atoms with Gasteiger partial charge in [0.25, 0.3) is 0 Å². The fraction of sp³-hybridized carbons (Fsp3) is 0.588. The minimum absolute atomic E-state index is 0.0599. The quantitative estimate of drug-likeness (QED) is 0.917. The molecule has 1 aromatic rings. The zero-order valence-electron chi connectivity index (χ0n) is 12.4. The number of aliphatic hydroxyl groups excluding tert-OH is 1. The van der Waals surface area contributed by atoms with E-state index in [0.717, 1.165) is 17.9 Å². The van der Waals surface area contributed by atoms with Crippen molar-refractivity contribution in [2.75, 3.05) is 11.5 Å². The van der Waals surface area contributed by atoms with E-state index < -0.39 is 6.10 Å². The van der Waals surface area contributed by atoms with Crippen molar-refractivity contribution in [3.8, 4) is 5.75 Å². The summed E-state index contributed by atoms with van der Waals surface area (Å²) < 4.78 is 11.5. The molecule has 0 unspecified atom stereocenters. The first kappa shape index (κ1) is 12.9. The largest absolute Gasteiger partial charge is 0.494 e. The van der Waals surface area contributed by atoms with Crippen molar-refractivity contribution in [2.45, 2.75) is 31.8 Å². The number of benzene rings is 1. The SMILES string of the molecule is CCOc1ccc(N2C(=O)[C@@H]3[C@H]4C[C@H]5[C@H](O[C@@H]2[C@@H]53)[C@@H]4O)cc1. The third kappa shape index (κ3) is 1.39. The highest BCUT2D eigenvalue weighted by Crippen LogP contribution is 2.63. The highest BCUT2D eigenvalue weighted by Gasteiger charge is 2.72. The summed E-state index contributed by atoms with van der Waals surface area (Å²) in [5.41, 5.74) is 0.863. The van der Waals surface area contributed by atoms with Crippen molar-refractivity contribution in [1.82, 2.24) is 0 Å². The fourth-order valence-corrected chi connectivity index (χ4v) is 5.20. The second-order valence-corrected chi connectivity index (χ2v) is 6.78. The Morgan fingerprint density at radius 3 is 2.82 bits per heavy atom. The molecule has 0 radical (unpaired) electrons. The molecule has 5 heteroatoms. The van der Waals surface area contributed by atoms with Gasteiger partial charge in [0.1, 0.15) is 12.0 Å². The Bertz CT molecular complexity index is 630. The second kappa shape index (κ2) is 4.24. The highest BCUT2D eigenvalue weighted by molar-refractivity contribution is 5.99. The smallest absolute Gasteiger partial charge is 0.233 e. The van der Waals surface area contributed by atoms with Crippen LogP contribution >= 0.6 is 0 Å². The first-order chi connectivity index (χ1) is 10.7. The topological polar surface area (TPSA) is 59.0 Å². The van der Waals surface area contributed by atoms with E-state index >= 15 is 0 Å². The molecule has 1 aromatic carbocycles. The molecule has 7 atom stereocenters. The lowest BCUT2D eigenvalue weighted by molar-refractivity contribution is -0.128. The van der Waals surface area contributed by atoms with Crippen LogP contribution in [0.25, 0.3) is 0 Å². The average molecular weight is 301 g/mol. The number of carbonyl (C=O) groups is 1. The van der Waals surface area contributed by atoms with Crippen LogP contribution in [-0.4, -0.2) is 36.1 Å². The van der Waals surface area contributed by atoms with Crippen molar-refractivity contribution in [3.05, 3.63) is 24.3 Å². The van der Waals surface area contributed by atoms with Crippen LogP contribution in [0.4, 0.5) is 5.69 Å². The maximum Gasteiger partial charge on any atom is 0.233 e. The van der Waals surface area contributed by atoms with Gasteiger partial charge in [-0.2, -0.15) is 0 Å². The number of anilines is 1. The lowest BCUT2D eigenvalue weighted by atomic mass is 9.80. The molecule has 0 aromatic heterocycles. The van der Waals surface area contributed by atoms with Crippen molar-refractivity contribution >= 4 is 11.6 Å². The van der Waals surface area contributed by atoms with Crippen molar-refractivity contribution in [1.29, 1.82) is 0 Å². The molecule has 5 nitrogen and oxygen atoms in total. The molecular weight excluding hydrogens is 282 g/mol. The van der Waals surface area contributed by atoms with Gasteiger partial charge in [-0.25, -0.2) is 0 Å². The molecule has 2 aliphatic heterocycles. The number of amides is 1. The number of carbonyl (C=O) groups excluding carboxylic acids is 1. The van der Waals surface area contributed by atoms with Crippen molar-refractivity contribution in [2.24, 2.45) is 23.7 Å². The average Bonchev–Trinajstić information content (AvgIpc) is 3.18. The molecule has 2 bridgehead atoms. The van der Waals surface area contributed by atoms with E-state index in [1.807, 2.05) is 31.2 Å².